The molecule has 0 radical (unpaired) electrons. The second-order valence-corrected chi connectivity index (χ2v) is 7.31. The molecule has 2 N–H and O–H groups in total. The molecule has 0 aliphatic rings. The van der Waals surface area contributed by atoms with E-state index < -0.39 is 21.6 Å². The number of aromatic carboxylic acids is 1. The molecule has 1 aromatic carbocycles. The molecule has 0 unspecified atom stereocenters. The lowest BCUT2D eigenvalue weighted by molar-refractivity contribution is -0.858. The number of carboxylic acids is 1. The molecule has 0 amide bonds. The molecule has 21 heavy (non-hydrogen) atoms. The van der Waals surface area contributed by atoms with Gasteiger partial charge in [-0.05, 0) is 12.1 Å². The topological polar surface area (TPSA) is 90.7 Å². The van der Waals surface area contributed by atoms with Crippen LogP contribution < -0.4 is 14.7 Å². The number of carbonyl (C=O) groups is 1. The highest BCUT2D eigenvalue weighted by Gasteiger charge is 2.20. The smallest absolute Gasteiger partial charge is 0.242 e. The van der Waals surface area contributed by atoms with E-state index in [1.807, 2.05) is 14.1 Å². The third-order valence-electron chi connectivity index (χ3n) is 2.68. The lowest BCUT2D eigenvalue weighted by Crippen LogP contribution is -3.05. The molecule has 9 heteroatoms. The largest absolute Gasteiger partial charge is 0.545 e. The molecule has 0 fully saturated rings. The van der Waals surface area contributed by atoms with Crippen LogP contribution in [0.4, 0.5) is 0 Å². The van der Waals surface area contributed by atoms with Crippen LogP contribution in [0.3, 0.4) is 0 Å². The van der Waals surface area contributed by atoms with Crippen molar-refractivity contribution in [3.05, 3.63) is 27.7 Å². The molecule has 1 aromatic rings. The molecule has 0 aliphatic carbocycles. The number of rotatable bonds is 7. The van der Waals surface area contributed by atoms with E-state index in [9.17, 15) is 18.3 Å². The molecule has 6 nitrogen and oxygen atoms in total. The number of hydrogen-bond donors (Lipinski definition) is 2. The summed E-state index contributed by atoms with van der Waals surface area (Å²) >= 11 is 11.5. The van der Waals surface area contributed by atoms with Crippen LogP contribution in [0, 0.1) is 0 Å². The lowest BCUT2D eigenvalue weighted by Gasteiger charge is -2.12. The minimum Gasteiger partial charge on any atom is -0.545 e. The van der Waals surface area contributed by atoms with Crippen LogP contribution in [-0.4, -0.2) is 41.6 Å². The standard InChI is InChI=1S/C12H16Cl2N2O4S/c1-16(2)5-3-4-15-21(19,20)11-6-8(12(17)18)9(13)7-10(11)14/h6-7,15H,3-5H2,1-2H3,(H,17,18). The zero-order valence-electron chi connectivity index (χ0n) is 11.6. The third kappa shape index (κ3) is 5.12. The van der Waals surface area contributed by atoms with Gasteiger partial charge in [0.25, 0.3) is 0 Å². The molecular formula is C12H16Cl2N2O4S. The second-order valence-electron chi connectivity index (χ2n) is 4.76. The van der Waals surface area contributed by atoms with Crippen LogP contribution in [-0.2, 0) is 10.0 Å². The van der Waals surface area contributed by atoms with Gasteiger partial charge in [0.1, 0.15) is 4.90 Å². The fourth-order valence-corrected chi connectivity index (χ4v) is 3.54. The summed E-state index contributed by atoms with van der Waals surface area (Å²) in [5.74, 6) is -1.57. The summed E-state index contributed by atoms with van der Waals surface area (Å²) in [4.78, 5) is 11.8. The first-order valence-corrected chi connectivity index (χ1v) is 8.38. The van der Waals surface area contributed by atoms with E-state index in [4.69, 9.17) is 23.2 Å². The Kier molecular flexibility index (Phi) is 6.42. The van der Waals surface area contributed by atoms with Crippen LogP contribution in [0.1, 0.15) is 16.8 Å². The zero-order valence-corrected chi connectivity index (χ0v) is 13.9. The van der Waals surface area contributed by atoms with E-state index in [2.05, 4.69) is 4.72 Å². The van der Waals surface area contributed by atoms with Gasteiger partial charge in [-0.3, -0.25) is 0 Å². The maximum absolute atomic E-state index is 12.1. The molecular weight excluding hydrogens is 339 g/mol. The summed E-state index contributed by atoms with van der Waals surface area (Å²) in [6.07, 6.45) is 0.639. The Balaban J connectivity index is 2.97. The number of nitrogens with one attached hydrogen (secondary N) is 2. The van der Waals surface area contributed by atoms with Crippen molar-refractivity contribution in [1.82, 2.24) is 4.72 Å². The van der Waals surface area contributed by atoms with Gasteiger partial charge >= 0.3 is 0 Å². The van der Waals surface area contributed by atoms with Crippen LogP contribution >= 0.6 is 23.2 Å². The minimum absolute atomic E-state index is 0.143. The number of carboxylic acid groups (broad SMARTS) is 1. The van der Waals surface area contributed by atoms with Crippen molar-refractivity contribution >= 4 is 39.2 Å². The summed E-state index contributed by atoms with van der Waals surface area (Å²) in [6.45, 7) is 1.02. The van der Waals surface area contributed by atoms with Crippen LogP contribution in [0.25, 0.3) is 0 Å². The maximum Gasteiger partial charge on any atom is 0.242 e. The summed E-state index contributed by atoms with van der Waals surface area (Å²) in [5, 5.41) is 10.6. The molecule has 0 spiro atoms. The van der Waals surface area contributed by atoms with E-state index in [1.54, 1.807) is 0 Å². The van der Waals surface area contributed by atoms with Gasteiger partial charge in [0.2, 0.25) is 10.0 Å². The monoisotopic (exact) mass is 354 g/mol. The van der Waals surface area contributed by atoms with Crippen molar-refractivity contribution in [1.29, 1.82) is 0 Å². The van der Waals surface area contributed by atoms with Gasteiger partial charge in [0.05, 0.1) is 36.7 Å². The first kappa shape index (κ1) is 18.2. The number of sulfonamides is 1. The Bertz CT molecular complexity index is 632. The highest BCUT2D eigenvalue weighted by atomic mass is 35.5. The van der Waals surface area contributed by atoms with Crippen molar-refractivity contribution in [2.75, 3.05) is 27.2 Å². The van der Waals surface area contributed by atoms with Gasteiger partial charge < -0.3 is 14.8 Å². The first-order chi connectivity index (χ1) is 9.65. The Morgan fingerprint density at radius 2 is 1.90 bits per heavy atom. The number of carbonyl (C=O) groups excluding carboxylic acids is 1. The van der Waals surface area contributed by atoms with Gasteiger partial charge in [0, 0.05) is 18.5 Å². The average molecular weight is 355 g/mol. The van der Waals surface area contributed by atoms with Gasteiger partial charge in [-0.1, -0.05) is 23.2 Å². The first-order valence-electron chi connectivity index (χ1n) is 6.14. The Hall–Kier alpha value is -0.860. The van der Waals surface area contributed by atoms with E-state index in [0.29, 0.717) is 6.42 Å². The van der Waals surface area contributed by atoms with Crippen LogP contribution in [0.15, 0.2) is 17.0 Å². The molecule has 118 valence electrons. The summed E-state index contributed by atoms with van der Waals surface area (Å²) in [6, 6.07) is 1.98. The van der Waals surface area contributed by atoms with Crippen molar-refractivity contribution < 1.29 is 23.2 Å². The van der Waals surface area contributed by atoms with Gasteiger partial charge in [0.15, 0.2) is 0 Å². The van der Waals surface area contributed by atoms with Gasteiger partial charge in [-0.25, -0.2) is 13.1 Å². The molecule has 0 heterocycles. The number of hydrogen-bond acceptors (Lipinski definition) is 4. The fraction of sp³-hybridized carbons (Fsp3) is 0.417. The quantitative estimate of drug-likeness (QED) is 0.625. The van der Waals surface area contributed by atoms with E-state index >= 15 is 0 Å². The molecule has 0 aromatic heterocycles. The Morgan fingerprint density at radius 1 is 1.29 bits per heavy atom. The lowest BCUT2D eigenvalue weighted by atomic mass is 10.2. The normalized spacial score (nSPS) is 11.9. The summed E-state index contributed by atoms with van der Waals surface area (Å²) in [5.41, 5.74) is -0.417. The predicted octanol–water partition coefficient (Wildman–Crippen LogP) is -0.830. The molecule has 0 atom stereocenters. The Morgan fingerprint density at radius 3 is 2.43 bits per heavy atom. The number of quaternary nitrogens is 1. The zero-order chi connectivity index (χ0) is 16.2. The SMILES string of the molecule is C[NH+](C)CCCNS(=O)(=O)c1cc(C(=O)[O-])c(Cl)cc1Cl. The molecule has 0 bridgehead atoms. The molecule has 0 saturated heterocycles. The van der Waals surface area contributed by atoms with E-state index in [-0.39, 0.29) is 21.5 Å². The third-order valence-corrected chi connectivity index (χ3v) is 4.92. The van der Waals surface area contributed by atoms with Crippen molar-refractivity contribution in [3.63, 3.8) is 0 Å². The van der Waals surface area contributed by atoms with Crippen molar-refractivity contribution in [2.45, 2.75) is 11.3 Å². The second kappa shape index (κ2) is 7.42. The van der Waals surface area contributed by atoms with Crippen molar-refractivity contribution in [3.8, 4) is 0 Å². The van der Waals surface area contributed by atoms with Gasteiger partial charge in [-0.15, -0.1) is 0 Å². The number of benzene rings is 1. The molecule has 0 aliphatic heterocycles. The molecule has 0 saturated carbocycles. The molecule has 1 rings (SSSR count). The van der Waals surface area contributed by atoms with E-state index in [0.717, 1.165) is 18.7 Å². The van der Waals surface area contributed by atoms with E-state index in [1.165, 1.54) is 4.90 Å². The summed E-state index contributed by atoms with van der Waals surface area (Å²) < 4.78 is 26.6. The van der Waals surface area contributed by atoms with Gasteiger partial charge in [-0.2, -0.15) is 0 Å². The summed E-state index contributed by atoms with van der Waals surface area (Å²) in [7, 11) is 0.00749. The maximum atomic E-state index is 12.1. The Labute approximate surface area is 133 Å². The highest BCUT2D eigenvalue weighted by molar-refractivity contribution is 7.89. The number of halogens is 2. The van der Waals surface area contributed by atoms with Crippen molar-refractivity contribution in [2.24, 2.45) is 0 Å². The predicted molar refractivity (Wildman–Crippen MR) is 78.3 cm³/mol. The average Bonchev–Trinajstić information content (AvgIpc) is 2.33. The highest BCUT2D eigenvalue weighted by Crippen LogP contribution is 2.28. The van der Waals surface area contributed by atoms with Crippen LogP contribution in [0.2, 0.25) is 10.0 Å². The van der Waals surface area contributed by atoms with Crippen LogP contribution in [0.5, 0.6) is 0 Å². The minimum atomic E-state index is -3.90. The fourth-order valence-electron chi connectivity index (χ4n) is 1.62.